The molecule has 0 saturated carbocycles. The topological polar surface area (TPSA) is 57.1 Å². The lowest BCUT2D eigenvalue weighted by molar-refractivity contribution is 0.282. The average molecular weight is 345 g/mol. The summed E-state index contributed by atoms with van der Waals surface area (Å²) in [6.07, 6.45) is 0. The van der Waals surface area contributed by atoms with E-state index in [9.17, 15) is 4.39 Å². The van der Waals surface area contributed by atoms with Gasteiger partial charge in [0, 0.05) is 11.4 Å². The Morgan fingerprint density at radius 1 is 1.04 bits per heavy atom. The van der Waals surface area contributed by atoms with Crippen LogP contribution in [-0.4, -0.2) is 15.2 Å². The van der Waals surface area contributed by atoms with E-state index in [0.29, 0.717) is 24.8 Å². The van der Waals surface area contributed by atoms with Crippen molar-refractivity contribution >= 4 is 11.3 Å². The minimum absolute atomic E-state index is 0.287. The Bertz CT molecular complexity index is 821. The molecular weight excluding hydrogens is 329 g/mol. The molecule has 0 aliphatic rings. The van der Waals surface area contributed by atoms with E-state index in [2.05, 4.69) is 15.2 Å². The molecule has 1 aromatic carbocycles. The summed E-state index contributed by atoms with van der Waals surface area (Å²) in [4.78, 5) is 4.44. The molecule has 0 unspecified atom stereocenters. The predicted molar refractivity (Wildman–Crippen MR) is 88.7 cm³/mol. The normalized spacial score (nSPS) is 10.6. The van der Waals surface area contributed by atoms with Gasteiger partial charge in [-0.3, -0.25) is 0 Å². The number of rotatable bonds is 6. The summed E-state index contributed by atoms with van der Waals surface area (Å²) in [5.74, 6) is 0.801. The van der Waals surface area contributed by atoms with Gasteiger partial charge < -0.3 is 9.47 Å². The van der Waals surface area contributed by atoms with Gasteiger partial charge in [0.2, 0.25) is 5.88 Å². The standard InChI is InChI=1S/C17H16FN3O2S/c1-11-7-16(21-20-12(11)2)23-8-14-10-24-17(19-14)9-22-15-5-3-13(18)4-6-15/h3-7,10H,8-9H2,1-2H3. The summed E-state index contributed by atoms with van der Waals surface area (Å²) in [5, 5.41) is 10.8. The van der Waals surface area contributed by atoms with E-state index >= 15 is 0 Å². The van der Waals surface area contributed by atoms with Crippen molar-refractivity contribution in [2.75, 3.05) is 0 Å². The van der Waals surface area contributed by atoms with Crippen LogP contribution in [-0.2, 0) is 13.2 Å². The van der Waals surface area contributed by atoms with Gasteiger partial charge in [-0.2, -0.15) is 5.10 Å². The van der Waals surface area contributed by atoms with E-state index in [0.717, 1.165) is 22.0 Å². The number of aromatic nitrogens is 3. The van der Waals surface area contributed by atoms with Gasteiger partial charge in [-0.15, -0.1) is 16.4 Å². The monoisotopic (exact) mass is 345 g/mol. The van der Waals surface area contributed by atoms with Gasteiger partial charge in [-0.05, 0) is 43.7 Å². The molecule has 124 valence electrons. The van der Waals surface area contributed by atoms with E-state index in [1.807, 2.05) is 25.3 Å². The summed E-state index contributed by atoms with van der Waals surface area (Å²) >= 11 is 1.49. The Morgan fingerprint density at radius 3 is 2.58 bits per heavy atom. The van der Waals surface area contributed by atoms with Gasteiger partial charge in [-0.25, -0.2) is 9.37 Å². The van der Waals surface area contributed by atoms with Gasteiger partial charge in [0.25, 0.3) is 0 Å². The van der Waals surface area contributed by atoms with Crippen LogP contribution in [0.15, 0.2) is 35.7 Å². The van der Waals surface area contributed by atoms with Gasteiger partial charge in [0.15, 0.2) is 0 Å². The van der Waals surface area contributed by atoms with Gasteiger partial charge in [-0.1, -0.05) is 0 Å². The van der Waals surface area contributed by atoms with Crippen molar-refractivity contribution in [1.82, 2.24) is 15.2 Å². The number of benzene rings is 1. The number of thiazole rings is 1. The van der Waals surface area contributed by atoms with Crippen LogP contribution in [0.25, 0.3) is 0 Å². The number of hydrogen-bond donors (Lipinski definition) is 0. The van der Waals surface area contributed by atoms with Gasteiger partial charge >= 0.3 is 0 Å². The number of hydrogen-bond acceptors (Lipinski definition) is 6. The smallest absolute Gasteiger partial charge is 0.234 e. The SMILES string of the molecule is Cc1cc(OCc2csc(COc3ccc(F)cc3)n2)nnc1C. The van der Waals surface area contributed by atoms with Crippen molar-refractivity contribution in [3.63, 3.8) is 0 Å². The summed E-state index contributed by atoms with van der Waals surface area (Å²) in [6.45, 7) is 4.52. The maximum Gasteiger partial charge on any atom is 0.234 e. The molecule has 0 fully saturated rings. The number of aryl methyl sites for hydroxylation is 2. The quantitative estimate of drug-likeness (QED) is 0.679. The Labute approximate surface area is 143 Å². The maximum absolute atomic E-state index is 12.8. The molecule has 0 aliphatic carbocycles. The molecule has 2 aromatic heterocycles. The first kappa shape index (κ1) is 16.3. The maximum atomic E-state index is 12.8. The zero-order valence-corrected chi connectivity index (χ0v) is 14.1. The molecule has 0 spiro atoms. The lowest BCUT2D eigenvalue weighted by atomic mass is 10.2. The van der Waals surface area contributed by atoms with E-state index in [1.165, 1.54) is 23.5 Å². The molecule has 7 heteroatoms. The van der Waals surface area contributed by atoms with Crippen LogP contribution >= 0.6 is 11.3 Å². The van der Waals surface area contributed by atoms with Gasteiger partial charge in [0.1, 0.15) is 29.8 Å². The van der Waals surface area contributed by atoms with E-state index < -0.39 is 0 Å². The second-order valence-electron chi connectivity index (χ2n) is 5.21. The third-order valence-electron chi connectivity index (χ3n) is 3.35. The predicted octanol–water partition coefficient (Wildman–Crippen LogP) is 3.85. The number of halogens is 1. The highest BCUT2D eigenvalue weighted by atomic mass is 32.1. The number of ether oxygens (including phenoxy) is 2. The molecule has 0 atom stereocenters. The molecule has 0 N–H and O–H groups in total. The molecule has 5 nitrogen and oxygen atoms in total. The minimum atomic E-state index is -0.287. The highest BCUT2D eigenvalue weighted by molar-refractivity contribution is 7.09. The molecule has 0 amide bonds. The van der Waals surface area contributed by atoms with Crippen LogP contribution in [0.4, 0.5) is 4.39 Å². The Hall–Kier alpha value is -2.54. The van der Waals surface area contributed by atoms with Crippen molar-refractivity contribution in [2.24, 2.45) is 0 Å². The van der Waals surface area contributed by atoms with Crippen LogP contribution in [0.2, 0.25) is 0 Å². The molecule has 3 rings (SSSR count). The molecule has 24 heavy (non-hydrogen) atoms. The third-order valence-corrected chi connectivity index (χ3v) is 4.22. The summed E-state index contributed by atoms with van der Waals surface area (Å²) in [7, 11) is 0. The minimum Gasteiger partial charge on any atom is -0.486 e. The Kier molecular flexibility index (Phi) is 5.00. The van der Waals surface area contributed by atoms with E-state index in [4.69, 9.17) is 9.47 Å². The second-order valence-corrected chi connectivity index (χ2v) is 6.16. The second kappa shape index (κ2) is 7.35. The molecule has 0 aliphatic heterocycles. The highest BCUT2D eigenvalue weighted by Gasteiger charge is 2.06. The molecule has 3 aromatic rings. The van der Waals surface area contributed by atoms with E-state index in [1.54, 1.807) is 12.1 Å². The lowest BCUT2D eigenvalue weighted by Crippen LogP contribution is -2.01. The first-order chi connectivity index (χ1) is 11.6. The number of nitrogens with zero attached hydrogens (tertiary/aromatic N) is 3. The van der Waals surface area contributed by atoms with Crippen molar-refractivity contribution in [3.8, 4) is 11.6 Å². The third kappa shape index (κ3) is 4.26. The zero-order valence-electron chi connectivity index (χ0n) is 13.3. The molecule has 0 bridgehead atoms. The Balaban J connectivity index is 1.53. The van der Waals surface area contributed by atoms with Crippen LogP contribution in [0.1, 0.15) is 22.0 Å². The van der Waals surface area contributed by atoms with Crippen LogP contribution in [0.3, 0.4) is 0 Å². The fourth-order valence-corrected chi connectivity index (χ4v) is 2.59. The van der Waals surface area contributed by atoms with Crippen LogP contribution in [0.5, 0.6) is 11.6 Å². The van der Waals surface area contributed by atoms with Crippen molar-refractivity contribution in [2.45, 2.75) is 27.1 Å². The fourth-order valence-electron chi connectivity index (χ4n) is 1.90. The molecular formula is C17H16FN3O2S. The van der Waals surface area contributed by atoms with Crippen LogP contribution < -0.4 is 9.47 Å². The lowest BCUT2D eigenvalue weighted by Gasteiger charge is -2.05. The first-order valence-corrected chi connectivity index (χ1v) is 8.23. The van der Waals surface area contributed by atoms with Crippen molar-refractivity contribution in [1.29, 1.82) is 0 Å². The van der Waals surface area contributed by atoms with Crippen molar-refractivity contribution < 1.29 is 13.9 Å². The van der Waals surface area contributed by atoms with Crippen molar-refractivity contribution in [3.05, 3.63) is 63.5 Å². The zero-order chi connectivity index (χ0) is 16.9. The van der Waals surface area contributed by atoms with Crippen LogP contribution in [0, 0.1) is 19.7 Å². The summed E-state index contributed by atoms with van der Waals surface area (Å²) in [5.41, 5.74) is 2.72. The van der Waals surface area contributed by atoms with Gasteiger partial charge in [0.05, 0.1) is 11.4 Å². The highest BCUT2D eigenvalue weighted by Crippen LogP contribution is 2.17. The van der Waals surface area contributed by atoms with E-state index in [-0.39, 0.29) is 5.82 Å². The largest absolute Gasteiger partial charge is 0.486 e. The first-order valence-electron chi connectivity index (χ1n) is 7.35. The average Bonchev–Trinajstić information content (AvgIpc) is 3.03. The summed E-state index contributed by atoms with van der Waals surface area (Å²) < 4.78 is 24.0. The molecule has 2 heterocycles. The Morgan fingerprint density at radius 2 is 1.83 bits per heavy atom. The molecule has 0 radical (unpaired) electrons. The molecule has 0 saturated heterocycles. The summed E-state index contributed by atoms with van der Waals surface area (Å²) in [6, 6.07) is 7.76. The fraction of sp³-hybridized carbons (Fsp3) is 0.235.